The number of hydrogen-bond acceptors (Lipinski definition) is 11. The SMILES string of the molecule is COC(=O)CC1C2(C)CC3(OC(=O)C(C)C)C(O)(C(=O)C4=C5CC(=O)OC(c6ccoc6)C5(C)CCC4C13C)C2OC(=O)C(C)C. The number of esters is 4. The van der Waals surface area contributed by atoms with Gasteiger partial charge in [0.05, 0.1) is 37.9 Å². The molecule has 1 aromatic heterocycles. The van der Waals surface area contributed by atoms with Crippen molar-refractivity contribution < 1.29 is 52.4 Å². The molecule has 6 rings (SSSR count). The summed E-state index contributed by atoms with van der Waals surface area (Å²) >= 11 is 0. The summed E-state index contributed by atoms with van der Waals surface area (Å²) in [6, 6.07) is 1.72. The van der Waals surface area contributed by atoms with E-state index in [1.165, 1.54) is 19.6 Å². The Balaban J connectivity index is 1.65. The van der Waals surface area contributed by atoms with E-state index in [0.717, 1.165) is 0 Å². The van der Waals surface area contributed by atoms with Crippen LogP contribution in [0.1, 0.15) is 92.2 Å². The van der Waals surface area contributed by atoms with Crippen LogP contribution in [0.5, 0.6) is 0 Å². The Morgan fingerprint density at radius 2 is 1.74 bits per heavy atom. The van der Waals surface area contributed by atoms with Gasteiger partial charge in [-0.3, -0.25) is 24.0 Å². The van der Waals surface area contributed by atoms with Crippen LogP contribution >= 0.6 is 0 Å². The molecule has 2 bridgehead atoms. The molecule has 3 saturated carbocycles. The first-order valence-electron chi connectivity index (χ1n) is 16.2. The van der Waals surface area contributed by atoms with Crippen LogP contribution in [0.25, 0.3) is 0 Å². The number of rotatable bonds is 7. The third-order valence-corrected chi connectivity index (χ3v) is 12.3. The Kier molecular flexibility index (Phi) is 7.24. The molecular formula is C35H44O11. The third-order valence-electron chi connectivity index (χ3n) is 12.3. The zero-order valence-electron chi connectivity index (χ0n) is 27.8. The highest BCUT2D eigenvalue weighted by Gasteiger charge is 2.92. The number of carbonyl (C=O) groups is 5. The fourth-order valence-electron chi connectivity index (χ4n) is 10.1. The summed E-state index contributed by atoms with van der Waals surface area (Å²) in [4.78, 5) is 68.4. The molecule has 4 aliphatic carbocycles. The Morgan fingerprint density at radius 1 is 1.07 bits per heavy atom. The lowest BCUT2D eigenvalue weighted by Crippen LogP contribution is -2.79. The molecule has 1 aliphatic heterocycles. The van der Waals surface area contributed by atoms with Crippen molar-refractivity contribution in [3.05, 3.63) is 35.3 Å². The van der Waals surface area contributed by atoms with Crippen LogP contribution in [-0.4, -0.2) is 59.2 Å². The van der Waals surface area contributed by atoms with Crippen molar-refractivity contribution >= 4 is 29.7 Å². The molecular weight excluding hydrogens is 596 g/mol. The summed E-state index contributed by atoms with van der Waals surface area (Å²) in [6.45, 7) is 12.2. The van der Waals surface area contributed by atoms with Gasteiger partial charge in [0.15, 0.2) is 11.4 Å². The van der Waals surface area contributed by atoms with Gasteiger partial charge in [-0.1, -0.05) is 48.5 Å². The number of hydrogen-bond donors (Lipinski definition) is 1. The average Bonchev–Trinajstić information content (AvgIpc) is 3.64. The molecule has 0 amide bonds. The third kappa shape index (κ3) is 3.83. The molecule has 9 atom stereocenters. The van der Waals surface area contributed by atoms with Gasteiger partial charge in [-0.2, -0.15) is 0 Å². The van der Waals surface area contributed by atoms with Crippen molar-refractivity contribution in [2.24, 2.45) is 39.9 Å². The second-order valence-corrected chi connectivity index (χ2v) is 15.3. The zero-order chi connectivity index (χ0) is 33.8. The molecule has 0 radical (unpaired) electrons. The molecule has 5 aliphatic rings. The maximum atomic E-state index is 15.3. The lowest BCUT2D eigenvalue weighted by molar-refractivity contribution is -0.280. The topological polar surface area (TPSA) is 156 Å². The van der Waals surface area contributed by atoms with Crippen LogP contribution in [0.15, 0.2) is 34.2 Å². The average molecular weight is 641 g/mol. The number of ketones is 1. The predicted molar refractivity (Wildman–Crippen MR) is 159 cm³/mol. The molecule has 0 spiro atoms. The Bertz CT molecular complexity index is 1540. The highest BCUT2D eigenvalue weighted by atomic mass is 16.6. The lowest BCUT2D eigenvalue weighted by atomic mass is 9.41. The number of furan rings is 1. The van der Waals surface area contributed by atoms with Gasteiger partial charge in [0.2, 0.25) is 5.60 Å². The quantitative estimate of drug-likeness (QED) is 0.333. The van der Waals surface area contributed by atoms with Crippen LogP contribution in [0.2, 0.25) is 0 Å². The lowest BCUT2D eigenvalue weighted by Gasteiger charge is -2.66. The molecule has 1 saturated heterocycles. The van der Waals surface area contributed by atoms with E-state index < -0.39 is 93.0 Å². The Morgan fingerprint density at radius 3 is 2.33 bits per heavy atom. The first kappa shape index (κ1) is 32.5. The van der Waals surface area contributed by atoms with E-state index in [-0.39, 0.29) is 24.8 Å². The Labute approximate surface area is 268 Å². The minimum atomic E-state index is -2.50. The predicted octanol–water partition coefficient (Wildman–Crippen LogP) is 4.41. The standard InChI is InChI=1S/C35H44O11/c1-17(2)28(39)45-30-32(6)16-34(46-29(40)18(3)4)33(7,22(32)14-23(36)42-8)20-9-11-31(5)21(25(20)26(38)35(30,34)41)13-24(37)44-27(31)19-10-12-43-15-19/h10,12,15,17-18,20,22,27,30,41H,9,11,13-14,16H2,1-8H3. The van der Waals surface area contributed by atoms with Gasteiger partial charge in [-0.05, 0) is 36.3 Å². The number of Topliss-reactive ketones (excluding diaryl/α,β-unsaturated/α-hetero) is 1. The van der Waals surface area contributed by atoms with E-state index >= 15 is 4.79 Å². The number of cyclic esters (lactones) is 1. The van der Waals surface area contributed by atoms with E-state index in [2.05, 4.69) is 0 Å². The van der Waals surface area contributed by atoms with Crippen molar-refractivity contribution in [3.63, 3.8) is 0 Å². The van der Waals surface area contributed by atoms with Crippen LogP contribution in [0.4, 0.5) is 0 Å². The maximum Gasteiger partial charge on any atom is 0.310 e. The number of fused-ring (bicyclic) bond motifs is 4. The molecule has 1 N–H and O–H groups in total. The molecule has 4 fully saturated rings. The van der Waals surface area contributed by atoms with Gasteiger partial charge in [0, 0.05) is 40.2 Å². The summed E-state index contributed by atoms with van der Waals surface area (Å²) in [5.74, 6) is -5.46. The first-order valence-corrected chi connectivity index (χ1v) is 16.2. The number of methoxy groups -OCH3 is 1. The minimum absolute atomic E-state index is 0.00896. The van der Waals surface area contributed by atoms with Crippen molar-refractivity contribution in [2.75, 3.05) is 7.11 Å². The van der Waals surface area contributed by atoms with Crippen molar-refractivity contribution in [2.45, 2.75) is 104 Å². The highest BCUT2D eigenvalue weighted by molar-refractivity contribution is 6.08. The van der Waals surface area contributed by atoms with Crippen molar-refractivity contribution in [1.82, 2.24) is 0 Å². The molecule has 11 nitrogen and oxygen atoms in total. The number of ether oxygens (including phenoxy) is 4. The van der Waals surface area contributed by atoms with E-state index in [1.54, 1.807) is 40.7 Å². The van der Waals surface area contributed by atoms with Gasteiger partial charge < -0.3 is 28.5 Å². The van der Waals surface area contributed by atoms with Gasteiger partial charge >= 0.3 is 23.9 Å². The van der Waals surface area contributed by atoms with Crippen LogP contribution in [-0.2, 0) is 42.9 Å². The summed E-state index contributed by atoms with van der Waals surface area (Å²) in [5.41, 5.74) is -6.06. The van der Waals surface area contributed by atoms with Crippen LogP contribution < -0.4 is 0 Å². The smallest absolute Gasteiger partial charge is 0.310 e. The summed E-state index contributed by atoms with van der Waals surface area (Å²) in [6.07, 6.45) is 1.42. The second kappa shape index (κ2) is 10.3. The van der Waals surface area contributed by atoms with E-state index in [1.807, 2.05) is 13.8 Å². The molecule has 0 aromatic carbocycles. The molecule has 46 heavy (non-hydrogen) atoms. The van der Waals surface area contributed by atoms with Crippen LogP contribution in [0.3, 0.4) is 0 Å². The largest absolute Gasteiger partial charge is 0.472 e. The maximum absolute atomic E-state index is 15.3. The molecule has 11 heteroatoms. The first-order chi connectivity index (χ1) is 21.4. The molecule has 2 heterocycles. The zero-order valence-corrected chi connectivity index (χ0v) is 27.8. The monoisotopic (exact) mass is 640 g/mol. The van der Waals surface area contributed by atoms with E-state index in [0.29, 0.717) is 24.0 Å². The van der Waals surface area contributed by atoms with Gasteiger partial charge in [-0.25, -0.2) is 0 Å². The summed E-state index contributed by atoms with van der Waals surface area (Å²) in [7, 11) is 1.29. The van der Waals surface area contributed by atoms with Crippen molar-refractivity contribution in [1.29, 1.82) is 0 Å². The second-order valence-electron chi connectivity index (χ2n) is 15.3. The number of carbonyl (C=O) groups excluding carboxylic acids is 5. The summed E-state index contributed by atoms with van der Waals surface area (Å²) in [5, 5.41) is 13.1. The fraction of sp³-hybridized carbons (Fsp3) is 0.686. The fourth-order valence-corrected chi connectivity index (χ4v) is 10.1. The van der Waals surface area contributed by atoms with Gasteiger partial charge in [0.1, 0.15) is 12.2 Å². The number of aliphatic hydroxyl groups is 1. The van der Waals surface area contributed by atoms with Crippen molar-refractivity contribution in [3.8, 4) is 0 Å². The van der Waals surface area contributed by atoms with E-state index in [9.17, 15) is 24.3 Å². The molecule has 250 valence electrons. The van der Waals surface area contributed by atoms with E-state index in [4.69, 9.17) is 23.4 Å². The van der Waals surface area contributed by atoms with Crippen LogP contribution in [0, 0.1) is 39.9 Å². The molecule has 1 aromatic rings. The Hall–Kier alpha value is -3.47. The molecule has 9 unspecified atom stereocenters. The summed E-state index contributed by atoms with van der Waals surface area (Å²) < 4.78 is 28.9. The highest BCUT2D eigenvalue weighted by Crippen LogP contribution is 2.81. The normalized spacial score (nSPS) is 40.8. The van der Waals surface area contributed by atoms with Gasteiger partial charge in [-0.15, -0.1) is 0 Å². The minimum Gasteiger partial charge on any atom is -0.472 e. The van der Waals surface area contributed by atoms with Gasteiger partial charge in [0.25, 0.3) is 0 Å².